The van der Waals surface area contributed by atoms with Gasteiger partial charge in [0.05, 0.1) is 10.9 Å². The number of aromatic nitrogens is 4. The van der Waals surface area contributed by atoms with E-state index in [4.69, 9.17) is 0 Å². The highest BCUT2D eigenvalue weighted by Gasteiger charge is 2.17. The van der Waals surface area contributed by atoms with Crippen molar-refractivity contribution in [1.29, 1.82) is 0 Å². The summed E-state index contributed by atoms with van der Waals surface area (Å²) in [5, 5.41) is 9.19. The quantitative estimate of drug-likeness (QED) is 0.693. The molecule has 1 aromatic carbocycles. The van der Waals surface area contributed by atoms with Gasteiger partial charge in [0.2, 0.25) is 10.9 Å². The lowest BCUT2D eigenvalue weighted by atomic mass is 10.2. The molecule has 0 spiro atoms. The Balaban J connectivity index is 2.46. The Morgan fingerprint density at radius 2 is 2.05 bits per heavy atom. The van der Waals surface area contributed by atoms with Crippen LogP contribution in [0.5, 0.6) is 0 Å². The first kappa shape index (κ1) is 13.8. The monoisotopic (exact) mass is 302 g/mol. The second kappa shape index (κ2) is 5.33. The van der Waals surface area contributed by atoms with E-state index in [9.17, 15) is 9.59 Å². The van der Waals surface area contributed by atoms with Crippen LogP contribution in [0, 0.1) is 0 Å². The summed E-state index contributed by atoms with van der Waals surface area (Å²) in [6, 6.07) is 7.31. The topological polar surface area (TPSA) is 69.3 Å². The molecule has 0 fully saturated rings. The summed E-state index contributed by atoms with van der Waals surface area (Å²) >= 11 is 1.02. The first-order valence-corrected chi connectivity index (χ1v) is 7.50. The summed E-state index contributed by atoms with van der Waals surface area (Å²) in [4.78, 5) is 24.0. The third-order valence-electron chi connectivity index (χ3n) is 3.16. The van der Waals surface area contributed by atoms with E-state index in [-0.39, 0.29) is 10.7 Å². The van der Waals surface area contributed by atoms with Crippen molar-refractivity contribution in [3.05, 3.63) is 34.6 Å². The zero-order valence-corrected chi connectivity index (χ0v) is 12.6. The summed E-state index contributed by atoms with van der Waals surface area (Å²) in [5.41, 5.74) is 0.644. The number of thioether (sulfide) groups is 1. The summed E-state index contributed by atoms with van der Waals surface area (Å²) in [6.07, 6.45) is 0.815. The fraction of sp³-hybridized carbons (Fsp3) is 0.286. The largest absolute Gasteiger partial charge is 0.287 e. The Kier molecular flexibility index (Phi) is 3.50. The molecule has 0 aliphatic rings. The minimum atomic E-state index is -0.0771. The van der Waals surface area contributed by atoms with Gasteiger partial charge in [0.25, 0.3) is 5.56 Å². The number of hydrogen-bond donors (Lipinski definition) is 0. The van der Waals surface area contributed by atoms with Gasteiger partial charge in [-0.1, -0.05) is 19.1 Å². The third kappa shape index (κ3) is 2.23. The lowest BCUT2D eigenvalue weighted by molar-refractivity contribution is -0.109. The Hall–Kier alpha value is -2.15. The third-order valence-corrected chi connectivity index (χ3v) is 3.89. The number of para-hydroxylation sites is 1. The van der Waals surface area contributed by atoms with Gasteiger partial charge in [0.15, 0.2) is 5.12 Å². The highest BCUT2D eigenvalue weighted by atomic mass is 32.2. The highest BCUT2D eigenvalue weighted by Crippen LogP contribution is 2.21. The molecular formula is C14H14N4O2S. The SMILES string of the molecule is CCCn1c(=O)c2ccccc2n2c(SC(C)=O)nnc12. The summed E-state index contributed by atoms with van der Waals surface area (Å²) in [5.74, 6) is 0.476. The van der Waals surface area contributed by atoms with Crippen LogP contribution >= 0.6 is 11.8 Å². The molecule has 0 saturated carbocycles. The van der Waals surface area contributed by atoms with Gasteiger partial charge in [-0.05, 0) is 30.3 Å². The number of hydrogen-bond acceptors (Lipinski definition) is 5. The molecule has 0 amide bonds. The first-order valence-electron chi connectivity index (χ1n) is 6.68. The normalized spacial score (nSPS) is 11.3. The fourth-order valence-electron chi connectivity index (χ4n) is 2.35. The Morgan fingerprint density at radius 1 is 1.29 bits per heavy atom. The smallest absolute Gasteiger partial charge is 0.262 e. The molecule has 0 bridgehead atoms. The maximum Gasteiger partial charge on any atom is 0.262 e. The van der Waals surface area contributed by atoms with Crippen molar-refractivity contribution in [2.45, 2.75) is 32.0 Å². The van der Waals surface area contributed by atoms with Crippen molar-refractivity contribution in [2.24, 2.45) is 0 Å². The molecule has 0 saturated heterocycles. The standard InChI is InChI=1S/C14H14N4O2S/c1-3-8-17-12(20)10-6-4-5-7-11(10)18-13(17)15-16-14(18)21-9(2)19/h4-7H,3,8H2,1-2H3. The van der Waals surface area contributed by atoms with E-state index < -0.39 is 0 Å². The summed E-state index contributed by atoms with van der Waals surface area (Å²) in [6.45, 7) is 4.05. The number of aryl methyl sites for hydroxylation is 1. The molecule has 0 atom stereocenters. The van der Waals surface area contributed by atoms with Crippen molar-refractivity contribution in [2.75, 3.05) is 0 Å². The van der Waals surface area contributed by atoms with E-state index in [0.29, 0.717) is 22.9 Å². The van der Waals surface area contributed by atoms with Gasteiger partial charge in [-0.25, -0.2) is 0 Å². The Bertz CT molecular complexity index is 897. The Morgan fingerprint density at radius 3 is 2.76 bits per heavy atom. The van der Waals surface area contributed by atoms with Crippen LogP contribution in [0.2, 0.25) is 0 Å². The second-order valence-corrected chi connectivity index (χ2v) is 5.83. The lowest BCUT2D eigenvalue weighted by Crippen LogP contribution is -2.23. The Labute approximate surface area is 124 Å². The average Bonchev–Trinajstić information content (AvgIpc) is 2.86. The molecule has 2 aromatic heterocycles. The highest BCUT2D eigenvalue weighted by molar-refractivity contribution is 8.13. The van der Waals surface area contributed by atoms with Crippen LogP contribution < -0.4 is 5.56 Å². The van der Waals surface area contributed by atoms with Crippen molar-refractivity contribution >= 4 is 33.6 Å². The van der Waals surface area contributed by atoms with Crippen molar-refractivity contribution in [3.63, 3.8) is 0 Å². The number of benzene rings is 1. The van der Waals surface area contributed by atoms with Crippen LogP contribution in [-0.2, 0) is 11.3 Å². The minimum absolute atomic E-state index is 0.0679. The second-order valence-electron chi connectivity index (χ2n) is 4.69. The predicted molar refractivity (Wildman–Crippen MR) is 81.6 cm³/mol. The van der Waals surface area contributed by atoms with Crippen LogP contribution in [0.1, 0.15) is 20.3 Å². The average molecular weight is 302 g/mol. The summed E-state index contributed by atoms with van der Waals surface area (Å²) in [7, 11) is 0. The van der Waals surface area contributed by atoms with Gasteiger partial charge in [0.1, 0.15) is 0 Å². The van der Waals surface area contributed by atoms with E-state index in [1.54, 1.807) is 15.0 Å². The molecule has 2 heterocycles. The van der Waals surface area contributed by atoms with Gasteiger partial charge >= 0.3 is 0 Å². The maximum absolute atomic E-state index is 12.6. The molecular weight excluding hydrogens is 288 g/mol. The number of nitrogens with zero attached hydrogens (tertiary/aromatic N) is 4. The zero-order chi connectivity index (χ0) is 15.0. The van der Waals surface area contributed by atoms with Crippen LogP contribution in [0.4, 0.5) is 0 Å². The number of carbonyl (C=O) groups excluding carboxylic acids is 1. The minimum Gasteiger partial charge on any atom is -0.287 e. The van der Waals surface area contributed by atoms with Crippen molar-refractivity contribution < 1.29 is 4.79 Å². The van der Waals surface area contributed by atoms with Crippen LogP contribution in [0.3, 0.4) is 0 Å². The van der Waals surface area contributed by atoms with E-state index in [2.05, 4.69) is 10.2 Å². The van der Waals surface area contributed by atoms with Crippen molar-refractivity contribution in [1.82, 2.24) is 19.2 Å². The van der Waals surface area contributed by atoms with Crippen LogP contribution in [-0.4, -0.2) is 24.3 Å². The molecule has 7 heteroatoms. The molecule has 21 heavy (non-hydrogen) atoms. The molecule has 0 N–H and O–H groups in total. The van der Waals surface area contributed by atoms with Gasteiger partial charge < -0.3 is 0 Å². The molecule has 3 aromatic rings. The molecule has 6 nitrogen and oxygen atoms in total. The van der Waals surface area contributed by atoms with E-state index in [1.807, 2.05) is 25.1 Å². The van der Waals surface area contributed by atoms with Crippen LogP contribution in [0.15, 0.2) is 34.2 Å². The first-order chi connectivity index (χ1) is 10.1. The molecule has 0 radical (unpaired) electrons. The number of rotatable bonds is 3. The van der Waals surface area contributed by atoms with Crippen molar-refractivity contribution in [3.8, 4) is 0 Å². The number of carbonyl (C=O) groups is 1. The van der Waals surface area contributed by atoms with Gasteiger partial charge in [-0.2, -0.15) is 0 Å². The lowest BCUT2D eigenvalue weighted by Gasteiger charge is -2.09. The van der Waals surface area contributed by atoms with E-state index in [1.165, 1.54) is 6.92 Å². The maximum atomic E-state index is 12.6. The van der Waals surface area contributed by atoms with Gasteiger partial charge in [0, 0.05) is 13.5 Å². The van der Waals surface area contributed by atoms with Crippen LogP contribution in [0.25, 0.3) is 16.7 Å². The molecule has 0 unspecified atom stereocenters. The predicted octanol–water partition coefficient (Wildman–Crippen LogP) is 2.09. The number of fused-ring (bicyclic) bond motifs is 3. The fourth-order valence-corrected chi connectivity index (χ4v) is 2.96. The summed E-state index contributed by atoms with van der Waals surface area (Å²) < 4.78 is 3.39. The van der Waals surface area contributed by atoms with Gasteiger partial charge in [-0.15, -0.1) is 10.2 Å². The van der Waals surface area contributed by atoms with E-state index >= 15 is 0 Å². The molecule has 3 rings (SSSR count). The molecule has 0 aliphatic carbocycles. The van der Waals surface area contributed by atoms with Gasteiger partial charge in [-0.3, -0.25) is 18.6 Å². The molecule has 0 aliphatic heterocycles. The zero-order valence-electron chi connectivity index (χ0n) is 11.7. The molecule has 108 valence electrons. The van der Waals surface area contributed by atoms with E-state index in [0.717, 1.165) is 23.7 Å².